The summed E-state index contributed by atoms with van der Waals surface area (Å²) in [5.74, 6) is -0.972. The Kier molecular flexibility index (Phi) is 4.29. The summed E-state index contributed by atoms with van der Waals surface area (Å²) in [7, 11) is 0. The highest BCUT2D eigenvalue weighted by atomic mass is 32.2. The molecule has 0 unspecified atom stereocenters. The Labute approximate surface area is 111 Å². The van der Waals surface area contributed by atoms with Crippen molar-refractivity contribution in [1.82, 2.24) is 9.80 Å². The molecular formula is C12H18N2O3S. The molecule has 6 heteroatoms. The average molecular weight is 270 g/mol. The maximum absolute atomic E-state index is 12.3. The van der Waals surface area contributed by atoms with Crippen molar-refractivity contribution in [3.8, 4) is 0 Å². The molecule has 1 N–H and O–H groups in total. The predicted molar refractivity (Wildman–Crippen MR) is 69.9 cm³/mol. The van der Waals surface area contributed by atoms with Crippen LogP contribution in [0.3, 0.4) is 0 Å². The molecule has 1 amide bonds. The second kappa shape index (κ2) is 5.75. The van der Waals surface area contributed by atoms with Gasteiger partial charge in [-0.2, -0.15) is 0 Å². The number of carboxylic acids is 1. The van der Waals surface area contributed by atoms with E-state index in [2.05, 4.69) is 4.90 Å². The van der Waals surface area contributed by atoms with Crippen LogP contribution in [-0.2, 0) is 9.59 Å². The molecule has 0 radical (unpaired) electrons. The molecule has 0 aromatic carbocycles. The van der Waals surface area contributed by atoms with Gasteiger partial charge in [0.25, 0.3) is 5.91 Å². The van der Waals surface area contributed by atoms with Crippen LogP contribution in [0.2, 0.25) is 0 Å². The number of amides is 1. The van der Waals surface area contributed by atoms with Crippen molar-refractivity contribution in [3.05, 3.63) is 11.1 Å². The molecule has 0 saturated carbocycles. The maximum atomic E-state index is 12.3. The minimum atomic E-state index is -0.997. The van der Waals surface area contributed by atoms with Crippen LogP contribution in [-0.4, -0.2) is 51.8 Å². The number of likely N-dealkylation sites (tertiary alicyclic amines) is 1. The van der Waals surface area contributed by atoms with Crippen LogP contribution in [0.5, 0.6) is 0 Å². The maximum Gasteiger partial charge on any atom is 0.330 e. The Bertz CT molecular complexity index is 378. The lowest BCUT2D eigenvalue weighted by atomic mass is 10.1. The molecule has 2 aliphatic heterocycles. The smallest absolute Gasteiger partial charge is 0.330 e. The highest BCUT2D eigenvalue weighted by Gasteiger charge is 2.40. The standard InChI is InChI=1S/C12H18N2O3S/c1-2-14-9(8-10(15)16)18-12(11(14)17)13-6-4-3-5-7-13/h8,12H,2-7H2,1H3,(H,15,16)/b9-8+/t12-/m1/s1. The van der Waals surface area contributed by atoms with E-state index in [1.165, 1.54) is 18.2 Å². The van der Waals surface area contributed by atoms with Gasteiger partial charge in [0, 0.05) is 6.54 Å². The molecule has 2 fully saturated rings. The van der Waals surface area contributed by atoms with Crippen molar-refractivity contribution in [2.75, 3.05) is 19.6 Å². The van der Waals surface area contributed by atoms with Gasteiger partial charge in [0.2, 0.25) is 0 Å². The highest BCUT2D eigenvalue weighted by molar-refractivity contribution is 8.04. The number of nitrogens with zero attached hydrogens (tertiary/aromatic N) is 2. The lowest BCUT2D eigenvalue weighted by Gasteiger charge is -2.29. The van der Waals surface area contributed by atoms with Crippen LogP contribution in [0.15, 0.2) is 11.1 Å². The quantitative estimate of drug-likeness (QED) is 0.784. The molecule has 18 heavy (non-hydrogen) atoms. The first kappa shape index (κ1) is 13.4. The number of hydrogen-bond donors (Lipinski definition) is 1. The van der Waals surface area contributed by atoms with Gasteiger partial charge in [-0.3, -0.25) is 9.69 Å². The molecule has 0 bridgehead atoms. The van der Waals surface area contributed by atoms with E-state index >= 15 is 0 Å². The van der Waals surface area contributed by atoms with E-state index in [0.29, 0.717) is 11.6 Å². The van der Waals surface area contributed by atoms with E-state index in [-0.39, 0.29) is 11.3 Å². The van der Waals surface area contributed by atoms with E-state index in [1.807, 2.05) is 6.92 Å². The minimum Gasteiger partial charge on any atom is -0.478 e. The molecular weight excluding hydrogens is 252 g/mol. The van der Waals surface area contributed by atoms with E-state index < -0.39 is 5.97 Å². The third-order valence-corrected chi connectivity index (χ3v) is 4.56. The second-order valence-electron chi connectivity index (χ2n) is 4.47. The molecule has 2 saturated heterocycles. The fraction of sp³-hybridized carbons (Fsp3) is 0.667. The molecule has 2 heterocycles. The number of hydrogen-bond acceptors (Lipinski definition) is 4. The number of rotatable bonds is 3. The number of aliphatic carboxylic acids is 1. The molecule has 2 rings (SSSR count). The minimum absolute atomic E-state index is 0.0249. The van der Waals surface area contributed by atoms with Crippen molar-refractivity contribution < 1.29 is 14.7 Å². The van der Waals surface area contributed by atoms with Gasteiger partial charge in [-0.1, -0.05) is 18.2 Å². The summed E-state index contributed by atoms with van der Waals surface area (Å²) in [5, 5.41) is 9.16. The number of piperidine rings is 1. The zero-order chi connectivity index (χ0) is 13.1. The Balaban J connectivity index is 2.14. The molecule has 100 valence electrons. The van der Waals surface area contributed by atoms with Crippen LogP contribution in [0.25, 0.3) is 0 Å². The van der Waals surface area contributed by atoms with Crippen molar-refractivity contribution in [2.24, 2.45) is 0 Å². The first-order chi connectivity index (χ1) is 8.63. The van der Waals surface area contributed by atoms with Gasteiger partial charge >= 0.3 is 5.97 Å². The van der Waals surface area contributed by atoms with Crippen LogP contribution in [0.1, 0.15) is 26.2 Å². The zero-order valence-corrected chi connectivity index (χ0v) is 11.3. The molecule has 0 aliphatic carbocycles. The number of likely N-dealkylation sites (N-methyl/N-ethyl adjacent to an activating group) is 1. The van der Waals surface area contributed by atoms with Crippen molar-refractivity contribution in [2.45, 2.75) is 31.6 Å². The monoisotopic (exact) mass is 270 g/mol. The van der Waals surface area contributed by atoms with Crippen LogP contribution in [0.4, 0.5) is 0 Å². The van der Waals surface area contributed by atoms with E-state index in [4.69, 9.17) is 5.11 Å². The predicted octanol–water partition coefficient (Wildman–Crippen LogP) is 1.32. The van der Waals surface area contributed by atoms with Gasteiger partial charge in [-0.25, -0.2) is 4.79 Å². The highest BCUT2D eigenvalue weighted by Crippen LogP contribution is 2.37. The van der Waals surface area contributed by atoms with Gasteiger partial charge < -0.3 is 10.0 Å². The number of carbonyl (C=O) groups excluding carboxylic acids is 1. The van der Waals surface area contributed by atoms with Crippen molar-refractivity contribution >= 4 is 23.6 Å². The summed E-state index contributed by atoms with van der Waals surface area (Å²) in [6, 6.07) is 0. The lowest BCUT2D eigenvalue weighted by Crippen LogP contribution is -2.43. The summed E-state index contributed by atoms with van der Waals surface area (Å²) in [5.41, 5.74) is 0. The number of thioether (sulfide) groups is 1. The summed E-state index contributed by atoms with van der Waals surface area (Å²) in [6.07, 6.45) is 4.59. The van der Waals surface area contributed by atoms with E-state index in [9.17, 15) is 9.59 Å². The fourth-order valence-corrected chi connectivity index (χ4v) is 3.72. The average Bonchev–Trinajstić information content (AvgIpc) is 2.66. The Morgan fingerprint density at radius 3 is 2.67 bits per heavy atom. The zero-order valence-electron chi connectivity index (χ0n) is 10.5. The first-order valence-electron chi connectivity index (χ1n) is 6.30. The third kappa shape index (κ3) is 2.70. The second-order valence-corrected chi connectivity index (χ2v) is 5.57. The Morgan fingerprint density at radius 1 is 1.44 bits per heavy atom. The van der Waals surface area contributed by atoms with Gasteiger partial charge in [0.1, 0.15) is 5.37 Å². The van der Waals surface area contributed by atoms with Gasteiger partial charge in [0.05, 0.1) is 11.1 Å². The molecule has 5 nitrogen and oxygen atoms in total. The number of carbonyl (C=O) groups is 2. The topological polar surface area (TPSA) is 60.9 Å². The SMILES string of the molecule is CCN1C(=O)[C@H](N2CCCCC2)S/C1=C/C(=O)O. The lowest BCUT2D eigenvalue weighted by molar-refractivity contribution is -0.131. The molecule has 0 aromatic heterocycles. The van der Waals surface area contributed by atoms with Crippen LogP contribution >= 0.6 is 11.8 Å². The van der Waals surface area contributed by atoms with Gasteiger partial charge in [0.15, 0.2) is 0 Å². The Hall–Kier alpha value is -1.01. The molecule has 1 atom stereocenters. The molecule has 2 aliphatic rings. The first-order valence-corrected chi connectivity index (χ1v) is 7.18. The fourth-order valence-electron chi connectivity index (χ4n) is 2.38. The van der Waals surface area contributed by atoms with Crippen LogP contribution < -0.4 is 0 Å². The van der Waals surface area contributed by atoms with Crippen molar-refractivity contribution in [1.29, 1.82) is 0 Å². The molecule has 0 spiro atoms. The largest absolute Gasteiger partial charge is 0.478 e. The van der Waals surface area contributed by atoms with E-state index in [0.717, 1.165) is 32.0 Å². The summed E-state index contributed by atoms with van der Waals surface area (Å²) in [6.45, 7) is 4.25. The molecule has 0 aromatic rings. The summed E-state index contributed by atoms with van der Waals surface area (Å²) in [4.78, 5) is 26.8. The van der Waals surface area contributed by atoms with Gasteiger partial charge in [-0.15, -0.1) is 0 Å². The summed E-state index contributed by atoms with van der Waals surface area (Å²) < 4.78 is 0. The number of carboxylic acid groups (broad SMARTS) is 1. The van der Waals surface area contributed by atoms with E-state index in [1.54, 1.807) is 4.90 Å². The van der Waals surface area contributed by atoms with Gasteiger partial charge in [-0.05, 0) is 32.9 Å². The normalized spacial score (nSPS) is 28.1. The Morgan fingerprint density at radius 2 is 2.11 bits per heavy atom. The van der Waals surface area contributed by atoms with Crippen molar-refractivity contribution in [3.63, 3.8) is 0 Å². The third-order valence-electron chi connectivity index (χ3n) is 3.26. The summed E-state index contributed by atoms with van der Waals surface area (Å²) >= 11 is 1.37. The van der Waals surface area contributed by atoms with Crippen LogP contribution in [0, 0.1) is 0 Å².